The van der Waals surface area contributed by atoms with Crippen molar-refractivity contribution in [3.8, 4) is 0 Å². The fraction of sp³-hybridized carbons (Fsp3) is 0.652. The second-order valence-electron chi connectivity index (χ2n) is 9.85. The molecule has 3 N–H and O–H groups in total. The van der Waals surface area contributed by atoms with Crippen molar-refractivity contribution in [2.45, 2.75) is 64.6 Å². The number of fused-ring (bicyclic) bond motifs is 1. The molecule has 1 heterocycles. The minimum Gasteiger partial charge on any atom is -0.350 e. The highest BCUT2D eigenvalue weighted by atomic mass is 35.5. The number of hydrogen-bond donors (Lipinski definition) is 3. The molecule has 4 saturated carbocycles. The van der Waals surface area contributed by atoms with E-state index in [0.29, 0.717) is 13.0 Å². The molecule has 1 aliphatic heterocycles. The van der Waals surface area contributed by atoms with Gasteiger partial charge in [0, 0.05) is 26.1 Å². The van der Waals surface area contributed by atoms with E-state index in [2.05, 4.69) is 34.1 Å². The lowest BCUT2D eigenvalue weighted by molar-refractivity contribution is -0.131. The summed E-state index contributed by atoms with van der Waals surface area (Å²) in [5.41, 5.74) is 3.99. The standard InChI is InChI=1S/C23H31N3O2.ClH/c27-21(10-23-7-16-3-17(8-23)5-18(4-16)9-23)26-14-22(28)25-11-15-1-2-19-12-24-13-20(19)6-15;/h1-2,6,16-18,24H,3-5,7-14H2,(H,25,28)(H,26,27);1H. The average molecular weight is 418 g/mol. The molecule has 158 valence electrons. The highest BCUT2D eigenvalue weighted by Crippen LogP contribution is 2.61. The third kappa shape index (κ3) is 4.46. The third-order valence-electron chi connectivity index (χ3n) is 7.54. The molecule has 6 rings (SSSR count). The predicted octanol–water partition coefficient (Wildman–Crippen LogP) is 3.05. The first-order chi connectivity index (χ1) is 13.6. The Balaban J connectivity index is 0.00000205. The van der Waals surface area contributed by atoms with Gasteiger partial charge in [-0.3, -0.25) is 9.59 Å². The maximum atomic E-state index is 12.5. The Hall–Kier alpha value is -1.59. The molecule has 5 aliphatic rings. The van der Waals surface area contributed by atoms with Crippen LogP contribution in [0.2, 0.25) is 0 Å². The van der Waals surface area contributed by atoms with Crippen LogP contribution >= 0.6 is 12.4 Å². The summed E-state index contributed by atoms with van der Waals surface area (Å²) in [6.45, 7) is 2.42. The smallest absolute Gasteiger partial charge is 0.239 e. The van der Waals surface area contributed by atoms with Crippen LogP contribution in [0.4, 0.5) is 0 Å². The zero-order valence-electron chi connectivity index (χ0n) is 17.0. The maximum absolute atomic E-state index is 12.5. The van der Waals surface area contributed by atoms with Crippen molar-refractivity contribution in [1.82, 2.24) is 16.0 Å². The first-order valence-corrected chi connectivity index (χ1v) is 10.9. The van der Waals surface area contributed by atoms with E-state index in [-0.39, 0.29) is 36.2 Å². The van der Waals surface area contributed by atoms with E-state index in [9.17, 15) is 9.59 Å². The van der Waals surface area contributed by atoms with Crippen molar-refractivity contribution in [3.63, 3.8) is 0 Å². The number of halogens is 1. The lowest BCUT2D eigenvalue weighted by Crippen LogP contribution is -2.48. The van der Waals surface area contributed by atoms with E-state index < -0.39 is 0 Å². The quantitative estimate of drug-likeness (QED) is 0.666. The van der Waals surface area contributed by atoms with E-state index in [1.165, 1.54) is 49.7 Å². The van der Waals surface area contributed by atoms with Gasteiger partial charge in [-0.2, -0.15) is 0 Å². The van der Waals surface area contributed by atoms with E-state index in [1.807, 2.05) is 0 Å². The van der Waals surface area contributed by atoms with Gasteiger partial charge in [-0.05, 0) is 78.4 Å². The van der Waals surface area contributed by atoms with Crippen molar-refractivity contribution < 1.29 is 9.59 Å². The molecule has 0 radical (unpaired) electrons. The largest absolute Gasteiger partial charge is 0.350 e. The summed E-state index contributed by atoms with van der Waals surface area (Å²) in [6, 6.07) is 6.35. The molecule has 0 spiro atoms. The summed E-state index contributed by atoms with van der Waals surface area (Å²) >= 11 is 0. The van der Waals surface area contributed by atoms with E-state index in [0.717, 1.165) is 36.4 Å². The summed E-state index contributed by atoms with van der Waals surface area (Å²) in [5, 5.41) is 9.14. The molecular weight excluding hydrogens is 386 g/mol. The summed E-state index contributed by atoms with van der Waals surface area (Å²) in [6.07, 6.45) is 8.47. The second-order valence-corrected chi connectivity index (χ2v) is 9.85. The predicted molar refractivity (Wildman–Crippen MR) is 114 cm³/mol. The van der Waals surface area contributed by atoms with Crippen LogP contribution in [0.5, 0.6) is 0 Å². The van der Waals surface area contributed by atoms with Crippen molar-refractivity contribution in [1.29, 1.82) is 0 Å². The number of nitrogens with one attached hydrogen (secondary N) is 3. The lowest BCUT2D eigenvalue weighted by atomic mass is 9.49. The van der Waals surface area contributed by atoms with E-state index >= 15 is 0 Å². The molecule has 0 saturated heterocycles. The first-order valence-electron chi connectivity index (χ1n) is 10.9. The summed E-state index contributed by atoms with van der Waals surface area (Å²) in [7, 11) is 0. The van der Waals surface area contributed by atoms with Crippen LogP contribution in [0.3, 0.4) is 0 Å². The van der Waals surface area contributed by atoms with Crippen molar-refractivity contribution in [3.05, 3.63) is 34.9 Å². The zero-order chi connectivity index (χ0) is 19.1. The van der Waals surface area contributed by atoms with Gasteiger partial charge in [-0.25, -0.2) is 0 Å². The molecule has 0 aromatic heterocycles. The molecule has 4 bridgehead atoms. The normalized spacial score (nSPS) is 31.1. The molecular formula is C23H32ClN3O2. The molecule has 5 nitrogen and oxygen atoms in total. The maximum Gasteiger partial charge on any atom is 0.239 e. The highest BCUT2D eigenvalue weighted by Gasteiger charge is 2.51. The Bertz CT molecular complexity index is 759. The Morgan fingerprint density at radius 3 is 2.28 bits per heavy atom. The van der Waals surface area contributed by atoms with E-state index in [4.69, 9.17) is 0 Å². The van der Waals surface area contributed by atoms with Gasteiger partial charge < -0.3 is 16.0 Å². The van der Waals surface area contributed by atoms with Gasteiger partial charge in [0.2, 0.25) is 11.8 Å². The summed E-state index contributed by atoms with van der Waals surface area (Å²) in [4.78, 5) is 24.7. The summed E-state index contributed by atoms with van der Waals surface area (Å²) in [5.74, 6) is 2.50. The summed E-state index contributed by atoms with van der Waals surface area (Å²) < 4.78 is 0. The fourth-order valence-electron chi connectivity index (χ4n) is 6.81. The third-order valence-corrected chi connectivity index (χ3v) is 7.54. The van der Waals surface area contributed by atoms with Crippen LogP contribution in [0.1, 0.15) is 61.6 Å². The Morgan fingerprint density at radius 2 is 1.59 bits per heavy atom. The Labute approximate surface area is 179 Å². The zero-order valence-corrected chi connectivity index (χ0v) is 17.8. The number of hydrogen-bond acceptors (Lipinski definition) is 3. The molecule has 4 fully saturated rings. The number of benzene rings is 1. The van der Waals surface area contributed by atoms with Gasteiger partial charge in [0.15, 0.2) is 0 Å². The molecule has 1 aromatic rings. The van der Waals surface area contributed by atoms with Crippen LogP contribution in [0.25, 0.3) is 0 Å². The second kappa shape index (κ2) is 8.27. The highest BCUT2D eigenvalue weighted by molar-refractivity contribution is 5.85. The monoisotopic (exact) mass is 417 g/mol. The topological polar surface area (TPSA) is 70.2 Å². The first kappa shape index (κ1) is 20.7. The van der Waals surface area contributed by atoms with Gasteiger partial charge in [0.05, 0.1) is 6.54 Å². The number of carbonyl (C=O) groups excluding carboxylic acids is 2. The van der Waals surface area contributed by atoms with Gasteiger partial charge in [-0.1, -0.05) is 18.2 Å². The van der Waals surface area contributed by atoms with Gasteiger partial charge in [0.25, 0.3) is 0 Å². The van der Waals surface area contributed by atoms with Gasteiger partial charge in [0.1, 0.15) is 0 Å². The fourth-order valence-corrected chi connectivity index (χ4v) is 6.81. The molecule has 6 heteroatoms. The van der Waals surface area contributed by atoms with Crippen LogP contribution < -0.4 is 16.0 Å². The molecule has 0 unspecified atom stereocenters. The minimum absolute atomic E-state index is 0. The number of carbonyl (C=O) groups is 2. The molecule has 2 amide bonds. The van der Waals surface area contributed by atoms with Crippen LogP contribution in [-0.2, 0) is 29.2 Å². The Morgan fingerprint density at radius 1 is 0.931 bits per heavy atom. The minimum atomic E-state index is -0.113. The van der Waals surface area contributed by atoms with Gasteiger partial charge >= 0.3 is 0 Å². The van der Waals surface area contributed by atoms with Crippen LogP contribution in [-0.4, -0.2) is 18.4 Å². The lowest BCUT2D eigenvalue weighted by Gasteiger charge is -2.56. The number of amides is 2. The van der Waals surface area contributed by atoms with Crippen LogP contribution in [0, 0.1) is 23.2 Å². The van der Waals surface area contributed by atoms with Crippen molar-refractivity contribution >= 4 is 24.2 Å². The van der Waals surface area contributed by atoms with Crippen LogP contribution in [0.15, 0.2) is 18.2 Å². The van der Waals surface area contributed by atoms with Gasteiger partial charge in [-0.15, -0.1) is 12.4 Å². The average Bonchev–Trinajstić information content (AvgIpc) is 3.11. The van der Waals surface area contributed by atoms with E-state index in [1.54, 1.807) is 0 Å². The number of rotatable bonds is 6. The van der Waals surface area contributed by atoms with Crippen molar-refractivity contribution in [2.24, 2.45) is 23.2 Å². The molecule has 0 atom stereocenters. The SMILES string of the molecule is Cl.O=C(CNC(=O)CC12CC3CC(CC(C3)C1)C2)NCc1ccc2c(c1)CNC2. The Kier molecular flexibility index (Phi) is 5.90. The molecule has 29 heavy (non-hydrogen) atoms. The molecule has 1 aromatic carbocycles. The van der Waals surface area contributed by atoms with Crippen molar-refractivity contribution in [2.75, 3.05) is 6.54 Å². The molecule has 4 aliphatic carbocycles.